The first-order valence-corrected chi connectivity index (χ1v) is 5.96. The Morgan fingerprint density at radius 2 is 2.12 bits per heavy atom. The Balaban J connectivity index is 1.84. The van der Waals surface area contributed by atoms with Crippen LogP contribution in [0.3, 0.4) is 0 Å². The zero-order valence-electron chi connectivity index (χ0n) is 9.60. The molecule has 88 valence electrons. The third-order valence-corrected chi connectivity index (χ3v) is 3.36. The average Bonchev–Trinajstić information content (AvgIpc) is 2.87. The molecule has 1 heterocycles. The quantitative estimate of drug-likeness (QED) is 0.852. The van der Waals surface area contributed by atoms with Crippen molar-refractivity contribution in [3.8, 4) is 0 Å². The van der Waals surface area contributed by atoms with Crippen molar-refractivity contribution < 1.29 is 4.52 Å². The summed E-state index contributed by atoms with van der Waals surface area (Å²) in [5, 5.41) is 3.85. The second-order valence-corrected chi connectivity index (χ2v) is 4.46. The van der Waals surface area contributed by atoms with Crippen LogP contribution in [0, 0.1) is 0 Å². The molecule has 0 saturated heterocycles. The Kier molecular flexibility index (Phi) is 2.65. The van der Waals surface area contributed by atoms with Gasteiger partial charge in [0, 0.05) is 5.92 Å². The van der Waals surface area contributed by atoms with Crippen LogP contribution in [0.15, 0.2) is 28.8 Å². The lowest BCUT2D eigenvalue weighted by Crippen LogP contribution is -2.13. The summed E-state index contributed by atoms with van der Waals surface area (Å²) in [5.74, 6) is 1.68. The summed E-state index contributed by atoms with van der Waals surface area (Å²) < 4.78 is 5.27. The van der Waals surface area contributed by atoms with Crippen LogP contribution in [-0.4, -0.2) is 10.1 Å². The highest BCUT2D eigenvalue weighted by molar-refractivity contribution is 5.31. The molecule has 2 N–H and O–H groups in total. The van der Waals surface area contributed by atoms with E-state index in [0.717, 1.165) is 25.2 Å². The summed E-state index contributed by atoms with van der Waals surface area (Å²) >= 11 is 0. The molecular formula is C13H15N3O. The van der Waals surface area contributed by atoms with Crippen LogP contribution < -0.4 is 5.73 Å². The van der Waals surface area contributed by atoms with Crippen LogP contribution in [-0.2, 0) is 19.4 Å². The summed E-state index contributed by atoms with van der Waals surface area (Å²) in [6.45, 7) is 0.340. The zero-order chi connectivity index (χ0) is 11.7. The number of benzene rings is 1. The maximum atomic E-state index is 5.48. The molecule has 4 nitrogen and oxygen atoms in total. The molecule has 0 fully saturated rings. The Labute approximate surface area is 99.8 Å². The van der Waals surface area contributed by atoms with Gasteiger partial charge in [0.1, 0.15) is 0 Å². The highest BCUT2D eigenvalue weighted by Gasteiger charge is 2.24. The lowest BCUT2D eigenvalue weighted by Gasteiger charge is -2.21. The van der Waals surface area contributed by atoms with Crippen LogP contribution in [0.5, 0.6) is 0 Å². The van der Waals surface area contributed by atoms with Gasteiger partial charge in [0.05, 0.1) is 6.54 Å². The van der Waals surface area contributed by atoms with Crippen LogP contribution in [0.25, 0.3) is 0 Å². The minimum Gasteiger partial charge on any atom is -0.339 e. The fourth-order valence-electron chi connectivity index (χ4n) is 2.42. The molecule has 17 heavy (non-hydrogen) atoms. The highest BCUT2D eigenvalue weighted by atomic mass is 16.5. The Bertz CT molecular complexity index is 521. The largest absolute Gasteiger partial charge is 0.339 e. The lowest BCUT2D eigenvalue weighted by atomic mass is 9.84. The number of hydrogen-bond donors (Lipinski definition) is 1. The standard InChI is InChI=1S/C13H15N3O/c14-8-12-15-13(17-16-12)11-6-5-9-3-1-2-4-10(9)7-11/h1-4,11H,5-8,14H2. The van der Waals surface area contributed by atoms with Crippen molar-refractivity contribution in [2.75, 3.05) is 0 Å². The Morgan fingerprint density at radius 3 is 2.88 bits per heavy atom. The summed E-state index contributed by atoms with van der Waals surface area (Å²) in [6, 6.07) is 8.56. The average molecular weight is 229 g/mol. The lowest BCUT2D eigenvalue weighted by molar-refractivity contribution is 0.337. The summed E-state index contributed by atoms with van der Waals surface area (Å²) in [4.78, 5) is 4.32. The van der Waals surface area contributed by atoms with Gasteiger partial charge >= 0.3 is 0 Å². The van der Waals surface area contributed by atoms with Gasteiger partial charge in [-0.2, -0.15) is 4.98 Å². The van der Waals surface area contributed by atoms with Crippen LogP contribution in [0.2, 0.25) is 0 Å². The molecule has 1 aliphatic carbocycles. The molecule has 3 rings (SSSR count). The van der Waals surface area contributed by atoms with Gasteiger partial charge in [-0.05, 0) is 30.4 Å². The van der Waals surface area contributed by atoms with Gasteiger partial charge in [-0.1, -0.05) is 29.4 Å². The monoisotopic (exact) mass is 229 g/mol. The minimum atomic E-state index is 0.340. The predicted octanol–water partition coefficient (Wildman–Crippen LogP) is 1.80. The number of aryl methyl sites for hydroxylation is 1. The van der Waals surface area contributed by atoms with Crippen molar-refractivity contribution in [3.05, 3.63) is 47.1 Å². The number of nitrogens with zero attached hydrogens (tertiary/aromatic N) is 2. The molecule has 0 amide bonds. The summed E-state index contributed by atoms with van der Waals surface area (Å²) in [6.07, 6.45) is 3.15. The maximum Gasteiger partial charge on any atom is 0.230 e. The van der Waals surface area contributed by atoms with Gasteiger partial charge < -0.3 is 10.3 Å². The third-order valence-electron chi connectivity index (χ3n) is 3.36. The van der Waals surface area contributed by atoms with E-state index >= 15 is 0 Å². The molecule has 1 aromatic carbocycles. The number of nitrogens with two attached hydrogens (primary N) is 1. The number of aromatic nitrogens is 2. The fraction of sp³-hybridized carbons (Fsp3) is 0.385. The van der Waals surface area contributed by atoms with Gasteiger partial charge in [0.25, 0.3) is 0 Å². The van der Waals surface area contributed by atoms with E-state index in [1.807, 2.05) is 0 Å². The van der Waals surface area contributed by atoms with Crippen molar-refractivity contribution in [2.45, 2.75) is 31.7 Å². The first kappa shape index (κ1) is 10.5. The molecule has 0 aliphatic heterocycles. The van der Waals surface area contributed by atoms with Gasteiger partial charge in [0.2, 0.25) is 5.89 Å². The number of fused-ring (bicyclic) bond motifs is 1. The van der Waals surface area contributed by atoms with E-state index in [9.17, 15) is 0 Å². The van der Waals surface area contributed by atoms with E-state index in [1.54, 1.807) is 0 Å². The molecule has 0 radical (unpaired) electrons. The molecule has 1 aromatic heterocycles. The Morgan fingerprint density at radius 1 is 1.29 bits per heavy atom. The van der Waals surface area contributed by atoms with Crippen molar-refractivity contribution in [1.82, 2.24) is 10.1 Å². The van der Waals surface area contributed by atoms with E-state index < -0.39 is 0 Å². The van der Waals surface area contributed by atoms with E-state index in [0.29, 0.717) is 18.3 Å². The molecule has 0 bridgehead atoms. The van der Waals surface area contributed by atoms with Crippen LogP contribution >= 0.6 is 0 Å². The molecule has 0 saturated carbocycles. The van der Waals surface area contributed by atoms with E-state index in [4.69, 9.17) is 10.3 Å². The molecular weight excluding hydrogens is 214 g/mol. The first-order chi connectivity index (χ1) is 8.36. The van der Waals surface area contributed by atoms with E-state index in [2.05, 4.69) is 34.4 Å². The molecule has 0 spiro atoms. The van der Waals surface area contributed by atoms with Crippen molar-refractivity contribution in [1.29, 1.82) is 0 Å². The zero-order valence-corrected chi connectivity index (χ0v) is 9.60. The highest BCUT2D eigenvalue weighted by Crippen LogP contribution is 2.31. The summed E-state index contributed by atoms with van der Waals surface area (Å²) in [5.41, 5.74) is 8.33. The minimum absolute atomic E-state index is 0.340. The number of rotatable bonds is 2. The van der Waals surface area contributed by atoms with Gasteiger partial charge in [0.15, 0.2) is 5.82 Å². The molecule has 4 heteroatoms. The van der Waals surface area contributed by atoms with Crippen molar-refractivity contribution in [2.24, 2.45) is 5.73 Å². The van der Waals surface area contributed by atoms with Crippen LogP contribution in [0.4, 0.5) is 0 Å². The first-order valence-electron chi connectivity index (χ1n) is 5.96. The van der Waals surface area contributed by atoms with E-state index in [1.165, 1.54) is 11.1 Å². The smallest absolute Gasteiger partial charge is 0.230 e. The van der Waals surface area contributed by atoms with Gasteiger partial charge in [-0.25, -0.2) is 0 Å². The second-order valence-electron chi connectivity index (χ2n) is 4.46. The molecule has 2 aromatic rings. The molecule has 1 aliphatic rings. The van der Waals surface area contributed by atoms with Crippen molar-refractivity contribution >= 4 is 0 Å². The van der Waals surface area contributed by atoms with Crippen molar-refractivity contribution in [3.63, 3.8) is 0 Å². The van der Waals surface area contributed by atoms with Crippen LogP contribution in [0.1, 0.15) is 35.2 Å². The van der Waals surface area contributed by atoms with Gasteiger partial charge in [-0.15, -0.1) is 0 Å². The van der Waals surface area contributed by atoms with E-state index in [-0.39, 0.29) is 0 Å². The molecule has 1 atom stereocenters. The Hall–Kier alpha value is -1.68. The SMILES string of the molecule is NCc1noc(C2CCc3ccccc3C2)n1. The number of hydrogen-bond acceptors (Lipinski definition) is 4. The fourth-order valence-corrected chi connectivity index (χ4v) is 2.42. The predicted molar refractivity (Wildman–Crippen MR) is 63.4 cm³/mol. The topological polar surface area (TPSA) is 64.9 Å². The third kappa shape index (κ3) is 1.96. The second kappa shape index (κ2) is 4.30. The molecule has 1 unspecified atom stereocenters. The van der Waals surface area contributed by atoms with Gasteiger partial charge in [-0.3, -0.25) is 0 Å². The summed E-state index contributed by atoms with van der Waals surface area (Å²) in [7, 11) is 0. The normalized spacial score (nSPS) is 19.0. The maximum absolute atomic E-state index is 5.48.